The zero-order valence-corrected chi connectivity index (χ0v) is 19.0. The molecule has 1 aromatic carbocycles. The maximum atomic E-state index is 12.2. The van der Waals surface area contributed by atoms with Gasteiger partial charge in [-0.25, -0.2) is 15.0 Å². The third-order valence-electron chi connectivity index (χ3n) is 4.86. The molecule has 3 N–H and O–H groups in total. The Bertz CT molecular complexity index is 1260. The second-order valence-corrected chi connectivity index (χ2v) is 7.59. The van der Waals surface area contributed by atoms with Crippen LogP contribution < -0.4 is 10.6 Å². The van der Waals surface area contributed by atoms with Crippen molar-refractivity contribution in [3.63, 3.8) is 0 Å². The van der Waals surface area contributed by atoms with Crippen molar-refractivity contribution in [3.05, 3.63) is 76.2 Å². The highest BCUT2D eigenvalue weighted by atomic mass is 32.1. The quantitative estimate of drug-likeness (QED) is 0.277. The van der Waals surface area contributed by atoms with Crippen LogP contribution in [0.5, 0.6) is 0 Å². The van der Waals surface area contributed by atoms with Gasteiger partial charge in [-0.15, -0.1) is 0 Å². The summed E-state index contributed by atoms with van der Waals surface area (Å²) in [4.78, 5) is 32.2. The molecule has 0 saturated carbocycles. The van der Waals surface area contributed by atoms with E-state index in [1.54, 1.807) is 31.7 Å². The Balaban J connectivity index is 1.64. The number of hydrogen-bond acceptors (Lipinski definition) is 6. The summed E-state index contributed by atoms with van der Waals surface area (Å²) in [6.07, 6.45) is 6.32. The first-order valence-corrected chi connectivity index (χ1v) is 10.5. The van der Waals surface area contributed by atoms with Crippen LogP contribution in [0.4, 0.5) is 0 Å². The number of aromatic nitrogens is 3. The smallest absolute Gasteiger partial charge is 0.251 e. The summed E-state index contributed by atoms with van der Waals surface area (Å²) in [5.41, 5.74) is 3.17. The molecule has 164 valence electrons. The van der Waals surface area contributed by atoms with E-state index in [0.29, 0.717) is 28.1 Å². The van der Waals surface area contributed by atoms with Gasteiger partial charge >= 0.3 is 0 Å². The molecule has 0 unspecified atom stereocenters. The molecule has 0 radical (unpaired) electrons. The lowest BCUT2D eigenvalue weighted by molar-refractivity contribution is 0.0964. The second kappa shape index (κ2) is 10.5. The number of amides is 1. The monoisotopic (exact) mass is 447 g/mol. The van der Waals surface area contributed by atoms with Crippen molar-refractivity contribution in [3.8, 4) is 0 Å². The molecule has 2 aromatic heterocycles. The summed E-state index contributed by atoms with van der Waals surface area (Å²) in [5, 5.41) is 6.70. The van der Waals surface area contributed by atoms with E-state index < -0.39 is 0 Å². The summed E-state index contributed by atoms with van der Waals surface area (Å²) in [6, 6.07) is 7.59. The topological polar surface area (TPSA) is 107 Å². The number of aryl methyl sites for hydroxylation is 1. The SMILES string of the molecule is C=C(N=CN=Cc1cnc(C)[nH]c1=S)NC[C@@H](C)c1cccc2c(C(=O)NC)ccnc12. The molecular weight excluding hydrogens is 422 g/mol. The Morgan fingerprint density at radius 3 is 2.91 bits per heavy atom. The number of benzene rings is 1. The lowest BCUT2D eigenvalue weighted by atomic mass is 9.96. The van der Waals surface area contributed by atoms with E-state index in [1.807, 2.05) is 25.1 Å². The fraction of sp³-hybridized carbons (Fsp3) is 0.217. The molecule has 0 saturated heterocycles. The molecule has 9 heteroatoms. The van der Waals surface area contributed by atoms with Crippen LogP contribution in [0.3, 0.4) is 0 Å². The molecule has 1 atom stereocenters. The maximum absolute atomic E-state index is 12.2. The average molecular weight is 448 g/mol. The predicted molar refractivity (Wildman–Crippen MR) is 131 cm³/mol. The number of aromatic amines is 1. The fourth-order valence-corrected chi connectivity index (χ4v) is 3.41. The van der Waals surface area contributed by atoms with Gasteiger partial charge < -0.3 is 15.6 Å². The summed E-state index contributed by atoms with van der Waals surface area (Å²) in [6.45, 7) is 8.43. The molecule has 1 amide bonds. The van der Waals surface area contributed by atoms with E-state index in [2.05, 4.69) is 49.1 Å². The lowest BCUT2D eigenvalue weighted by Gasteiger charge is -2.16. The highest BCUT2D eigenvalue weighted by Crippen LogP contribution is 2.26. The third-order valence-corrected chi connectivity index (χ3v) is 5.20. The van der Waals surface area contributed by atoms with E-state index >= 15 is 0 Å². The van der Waals surface area contributed by atoms with Gasteiger partial charge in [0.05, 0.1) is 11.1 Å². The first kappa shape index (κ1) is 23.0. The van der Waals surface area contributed by atoms with Gasteiger partial charge in [-0.3, -0.25) is 9.78 Å². The molecule has 8 nitrogen and oxygen atoms in total. The van der Waals surface area contributed by atoms with E-state index in [0.717, 1.165) is 22.3 Å². The predicted octanol–water partition coefficient (Wildman–Crippen LogP) is 3.67. The second-order valence-electron chi connectivity index (χ2n) is 7.19. The fourth-order valence-electron chi connectivity index (χ4n) is 3.16. The molecule has 3 rings (SSSR count). The molecule has 0 spiro atoms. The van der Waals surface area contributed by atoms with Crippen LogP contribution in [0.15, 0.2) is 59.0 Å². The summed E-state index contributed by atoms with van der Waals surface area (Å²) >= 11 is 5.23. The summed E-state index contributed by atoms with van der Waals surface area (Å²) in [5.74, 6) is 1.21. The minimum Gasteiger partial charge on any atom is -0.370 e. The van der Waals surface area contributed by atoms with Crippen molar-refractivity contribution in [2.24, 2.45) is 9.98 Å². The lowest BCUT2D eigenvalue weighted by Crippen LogP contribution is -2.20. The molecule has 0 bridgehead atoms. The molecule has 2 heterocycles. The van der Waals surface area contributed by atoms with Crippen molar-refractivity contribution in [2.45, 2.75) is 19.8 Å². The first-order valence-electron chi connectivity index (χ1n) is 10.0. The van der Waals surface area contributed by atoms with Gasteiger partial charge in [-0.05, 0) is 18.6 Å². The van der Waals surface area contributed by atoms with Crippen LogP contribution in [0.1, 0.15) is 40.2 Å². The minimum atomic E-state index is -0.133. The van der Waals surface area contributed by atoms with Crippen molar-refractivity contribution in [2.75, 3.05) is 13.6 Å². The third kappa shape index (κ3) is 5.50. The molecule has 3 aromatic rings. The van der Waals surface area contributed by atoms with Crippen LogP contribution in [-0.4, -0.2) is 47.0 Å². The molecule has 0 aliphatic rings. The minimum absolute atomic E-state index is 0.110. The highest BCUT2D eigenvalue weighted by molar-refractivity contribution is 7.71. The normalized spacial score (nSPS) is 12.3. The Labute approximate surface area is 191 Å². The van der Waals surface area contributed by atoms with Gasteiger partial charge in [0.25, 0.3) is 5.91 Å². The van der Waals surface area contributed by atoms with Gasteiger partial charge in [0.1, 0.15) is 22.6 Å². The standard InChI is InChI=1S/C23H25N7OS/c1-14(18-6-5-7-19-20(22(31)24-4)8-9-26-21(18)19)10-27-15(2)29-13-25-11-17-12-28-16(3)30-23(17)32/h5-9,11-14,27H,2,10H2,1,3-4H3,(H,24,31)(H,28,30,32)/t14-/m1/s1. The van der Waals surface area contributed by atoms with Crippen LogP contribution in [0.2, 0.25) is 0 Å². The number of nitrogens with zero attached hydrogens (tertiary/aromatic N) is 4. The Morgan fingerprint density at radius 2 is 2.16 bits per heavy atom. The number of para-hydroxylation sites is 1. The van der Waals surface area contributed by atoms with Crippen LogP contribution >= 0.6 is 12.2 Å². The molecule has 0 fully saturated rings. The maximum Gasteiger partial charge on any atom is 0.251 e. The van der Waals surface area contributed by atoms with Gasteiger partial charge in [0, 0.05) is 49.1 Å². The number of fused-ring (bicyclic) bond motifs is 1. The van der Waals surface area contributed by atoms with Crippen molar-refractivity contribution < 1.29 is 4.79 Å². The van der Waals surface area contributed by atoms with Crippen molar-refractivity contribution in [1.29, 1.82) is 0 Å². The number of hydrogen-bond donors (Lipinski definition) is 3. The number of carbonyl (C=O) groups is 1. The van der Waals surface area contributed by atoms with Gasteiger partial charge in [-0.1, -0.05) is 43.9 Å². The van der Waals surface area contributed by atoms with Gasteiger partial charge in [-0.2, -0.15) is 0 Å². The van der Waals surface area contributed by atoms with E-state index in [-0.39, 0.29) is 11.8 Å². The number of nitrogens with one attached hydrogen (secondary N) is 3. The Hall–Kier alpha value is -3.72. The van der Waals surface area contributed by atoms with Gasteiger partial charge in [0.2, 0.25) is 0 Å². The first-order chi connectivity index (χ1) is 15.4. The van der Waals surface area contributed by atoms with Gasteiger partial charge in [0.15, 0.2) is 0 Å². The molecular formula is C23H25N7OS. The summed E-state index contributed by atoms with van der Waals surface area (Å²) < 4.78 is 0.573. The molecule has 0 aliphatic carbocycles. The largest absolute Gasteiger partial charge is 0.370 e. The summed E-state index contributed by atoms with van der Waals surface area (Å²) in [7, 11) is 1.62. The van der Waals surface area contributed by atoms with E-state index in [4.69, 9.17) is 12.2 Å². The number of aliphatic imine (C=N–C) groups is 2. The average Bonchev–Trinajstić information content (AvgIpc) is 2.80. The van der Waals surface area contributed by atoms with Crippen molar-refractivity contribution in [1.82, 2.24) is 25.6 Å². The number of pyridine rings is 1. The van der Waals surface area contributed by atoms with Crippen molar-refractivity contribution >= 4 is 41.6 Å². The highest BCUT2D eigenvalue weighted by Gasteiger charge is 2.14. The molecule has 0 aliphatic heterocycles. The van der Waals surface area contributed by atoms with Crippen LogP contribution in [0.25, 0.3) is 10.9 Å². The number of carbonyl (C=O) groups excluding carboxylic acids is 1. The van der Waals surface area contributed by atoms with Crippen LogP contribution in [0, 0.1) is 11.6 Å². The zero-order valence-electron chi connectivity index (χ0n) is 18.2. The zero-order chi connectivity index (χ0) is 23.1. The van der Waals surface area contributed by atoms with E-state index in [9.17, 15) is 4.79 Å². The Morgan fingerprint density at radius 1 is 1.34 bits per heavy atom. The van der Waals surface area contributed by atoms with E-state index in [1.165, 1.54) is 6.34 Å². The van der Waals surface area contributed by atoms with Crippen LogP contribution in [-0.2, 0) is 0 Å². The molecule has 32 heavy (non-hydrogen) atoms. The number of rotatable bonds is 8. The Kier molecular flexibility index (Phi) is 7.56. The number of H-pyrrole nitrogens is 1.